The maximum atomic E-state index is 4.46. The molecule has 0 aliphatic carbocycles. The number of fused-ring (bicyclic) bond motifs is 16. The van der Waals surface area contributed by atoms with Crippen molar-refractivity contribution in [2.24, 2.45) is 0 Å². The average molecular weight is 877 g/mol. The average Bonchev–Trinajstić information content (AvgIpc) is 4.22. The number of likely N-dealkylation sites (N-methyl/N-ethyl adjacent to an activating group) is 5. The molecule has 10 unspecified atom stereocenters. The van der Waals surface area contributed by atoms with Gasteiger partial charge >= 0.3 is 0 Å². The van der Waals surface area contributed by atoms with Gasteiger partial charge in [0, 0.05) is 77.4 Å². The molecule has 5 saturated heterocycles. The lowest BCUT2D eigenvalue weighted by Gasteiger charge is -2.48. The number of nitrogens with one attached hydrogen (secondary N) is 5. The molecule has 0 radical (unpaired) electrons. The second-order valence-corrected chi connectivity index (χ2v) is 22.5. The molecule has 10 nitrogen and oxygen atoms in total. The predicted octanol–water partition coefficient (Wildman–Crippen LogP) is 7.35. The summed E-state index contributed by atoms with van der Waals surface area (Å²) in [7, 11) is 11.7. The zero-order valence-corrected chi connectivity index (χ0v) is 39.2. The Morgan fingerprint density at radius 3 is 1.42 bits per heavy atom. The first-order valence-corrected chi connectivity index (χ1v) is 25.1. The first-order valence-electron chi connectivity index (χ1n) is 25.1. The molecule has 338 valence electrons. The molecule has 0 aromatic heterocycles. The first-order chi connectivity index (χ1) is 32.2. The second kappa shape index (κ2) is 12.9. The van der Waals surface area contributed by atoms with E-state index in [0.29, 0.717) is 6.17 Å². The summed E-state index contributed by atoms with van der Waals surface area (Å²) in [4.78, 5) is 13.0. The van der Waals surface area contributed by atoms with Gasteiger partial charge in [-0.15, -0.1) is 0 Å². The minimum absolute atomic E-state index is 0.0323. The molecule has 5 N–H and O–H groups in total. The van der Waals surface area contributed by atoms with Crippen LogP contribution in [-0.4, -0.2) is 123 Å². The van der Waals surface area contributed by atoms with Crippen LogP contribution in [0.4, 0.5) is 28.4 Å². The van der Waals surface area contributed by atoms with Crippen molar-refractivity contribution < 1.29 is 0 Å². The number of likely N-dealkylation sites (tertiary alicyclic amines) is 5. The molecule has 10 aliphatic heterocycles. The van der Waals surface area contributed by atoms with Gasteiger partial charge in [0.15, 0.2) is 0 Å². The van der Waals surface area contributed by atoms with Crippen LogP contribution in [0.15, 0.2) is 103 Å². The van der Waals surface area contributed by atoms with Crippen LogP contribution in [-0.2, 0) is 33.5 Å². The summed E-state index contributed by atoms with van der Waals surface area (Å²) < 4.78 is 0. The van der Waals surface area contributed by atoms with Crippen molar-refractivity contribution in [3.63, 3.8) is 0 Å². The highest BCUT2D eigenvalue weighted by molar-refractivity contribution is 5.82. The first kappa shape index (κ1) is 38.9. The minimum atomic E-state index is -0.194. The van der Waals surface area contributed by atoms with Crippen LogP contribution >= 0.6 is 0 Å². The topological polar surface area (TPSA) is 76.4 Å². The summed E-state index contributed by atoms with van der Waals surface area (Å²) in [5.41, 5.74) is 18.1. The number of benzene rings is 5. The summed E-state index contributed by atoms with van der Waals surface area (Å²) in [6, 6.07) is 40.5. The van der Waals surface area contributed by atoms with Gasteiger partial charge in [-0.3, -0.25) is 24.5 Å². The third kappa shape index (κ3) is 4.28. The Bertz CT molecular complexity index is 2900. The highest BCUT2D eigenvalue weighted by Gasteiger charge is 2.73. The standard InChI is InChI=1S/C56H64N10/c1-62-28-23-52(35-14-6-8-21-42(35)57-47(52)62)33-34-13-10-16-37-44(34)59-49-54(37,25-30-64(49)3)39-18-12-20-41-46(39)61-51-56(41,27-32-66(51)5)55-26-31-65(4)50(55)60-45-38(17-11-19-40(45)55)53-24-29-63(2)48(53)58-43-22-9-7-15-36(43)53/h6-22,47-51,57-61H,23-33H2,1-5H3. The van der Waals surface area contributed by atoms with E-state index < -0.39 is 0 Å². The largest absolute Gasteiger partial charge is 0.369 e. The van der Waals surface area contributed by atoms with Crippen LogP contribution in [0.5, 0.6) is 0 Å². The highest BCUT2D eigenvalue weighted by Crippen LogP contribution is 2.69. The molecule has 0 bridgehead atoms. The van der Waals surface area contributed by atoms with Crippen molar-refractivity contribution in [1.82, 2.24) is 24.5 Å². The van der Waals surface area contributed by atoms with Gasteiger partial charge in [-0.2, -0.15) is 0 Å². The summed E-state index contributed by atoms with van der Waals surface area (Å²) in [6.07, 6.45) is 7.66. The van der Waals surface area contributed by atoms with Crippen molar-refractivity contribution in [3.05, 3.63) is 148 Å². The van der Waals surface area contributed by atoms with Gasteiger partial charge in [-0.1, -0.05) is 91.0 Å². The molecule has 5 aromatic rings. The summed E-state index contributed by atoms with van der Waals surface area (Å²) in [6.45, 7) is 5.38. The van der Waals surface area contributed by atoms with Gasteiger partial charge in [0.1, 0.15) is 0 Å². The number of hydrogen-bond donors (Lipinski definition) is 5. The fourth-order valence-corrected chi connectivity index (χ4v) is 17.5. The summed E-state index contributed by atoms with van der Waals surface area (Å²) in [5.74, 6) is 0. The third-order valence-electron chi connectivity index (χ3n) is 20.2. The minimum Gasteiger partial charge on any atom is -0.369 e. The van der Waals surface area contributed by atoms with Crippen LogP contribution in [0.1, 0.15) is 76.6 Å². The second-order valence-electron chi connectivity index (χ2n) is 22.5. The molecule has 10 aliphatic rings. The van der Waals surface area contributed by atoms with Crippen molar-refractivity contribution >= 4 is 28.4 Å². The molecule has 0 spiro atoms. The highest BCUT2D eigenvalue weighted by atomic mass is 15.4. The fourth-order valence-electron chi connectivity index (χ4n) is 17.5. The molecule has 5 aromatic carbocycles. The fraction of sp³-hybridized carbons (Fsp3) is 0.464. The maximum Gasteiger partial charge on any atom is 0.0933 e. The zero-order chi connectivity index (χ0) is 44.1. The van der Waals surface area contributed by atoms with Crippen LogP contribution in [0.2, 0.25) is 0 Å². The normalized spacial score (nSPS) is 37.7. The van der Waals surface area contributed by atoms with Crippen LogP contribution in [0.25, 0.3) is 0 Å². The van der Waals surface area contributed by atoms with Gasteiger partial charge in [0.05, 0.1) is 41.7 Å². The van der Waals surface area contributed by atoms with E-state index in [1.54, 1.807) is 0 Å². The Kier molecular flexibility index (Phi) is 7.62. The van der Waals surface area contributed by atoms with Crippen molar-refractivity contribution in [2.75, 3.05) is 94.5 Å². The number of para-hydroxylation sites is 5. The van der Waals surface area contributed by atoms with Gasteiger partial charge in [0.2, 0.25) is 0 Å². The van der Waals surface area contributed by atoms with Gasteiger partial charge < -0.3 is 26.6 Å². The lowest BCUT2D eigenvalue weighted by atomic mass is 9.54. The molecule has 10 heterocycles. The van der Waals surface area contributed by atoms with Crippen LogP contribution in [0, 0.1) is 0 Å². The molecule has 0 amide bonds. The summed E-state index contributed by atoms with van der Waals surface area (Å²) >= 11 is 0. The van der Waals surface area contributed by atoms with Crippen molar-refractivity contribution in [2.45, 2.75) is 96.4 Å². The number of anilines is 5. The summed E-state index contributed by atoms with van der Waals surface area (Å²) in [5, 5.41) is 21.1. The molecule has 5 fully saturated rings. The van der Waals surface area contributed by atoms with E-state index in [-0.39, 0.29) is 51.7 Å². The number of nitrogens with zero attached hydrogens (tertiary/aromatic N) is 5. The van der Waals surface area contributed by atoms with Crippen LogP contribution in [0.3, 0.4) is 0 Å². The molecular weight excluding hydrogens is 813 g/mol. The Hall–Kier alpha value is -5.10. The Labute approximate surface area is 390 Å². The molecular formula is C56H64N10. The molecule has 10 atom stereocenters. The third-order valence-corrected chi connectivity index (χ3v) is 20.2. The van der Waals surface area contributed by atoms with E-state index >= 15 is 0 Å². The van der Waals surface area contributed by atoms with E-state index in [0.717, 1.165) is 71.2 Å². The lowest BCUT2D eigenvalue weighted by Crippen LogP contribution is -2.60. The van der Waals surface area contributed by atoms with Gasteiger partial charge in [-0.25, -0.2) is 0 Å². The van der Waals surface area contributed by atoms with Crippen molar-refractivity contribution in [1.29, 1.82) is 0 Å². The smallest absolute Gasteiger partial charge is 0.0933 e. The maximum absolute atomic E-state index is 4.46. The Morgan fingerprint density at radius 1 is 0.379 bits per heavy atom. The quantitative estimate of drug-likeness (QED) is 0.124. The molecule has 0 saturated carbocycles. The van der Waals surface area contributed by atoms with E-state index in [1.807, 2.05) is 0 Å². The molecule has 66 heavy (non-hydrogen) atoms. The molecule has 10 heteroatoms. The zero-order valence-electron chi connectivity index (χ0n) is 39.2. The number of rotatable bonds is 5. The predicted molar refractivity (Wildman–Crippen MR) is 266 cm³/mol. The van der Waals surface area contributed by atoms with Gasteiger partial charge in [0.25, 0.3) is 0 Å². The monoisotopic (exact) mass is 877 g/mol. The van der Waals surface area contributed by atoms with E-state index in [1.165, 1.54) is 72.9 Å². The van der Waals surface area contributed by atoms with Gasteiger partial charge in [-0.05, 0) is 130 Å². The van der Waals surface area contributed by atoms with E-state index in [9.17, 15) is 0 Å². The molecule has 15 rings (SSSR count). The van der Waals surface area contributed by atoms with E-state index in [4.69, 9.17) is 0 Å². The van der Waals surface area contributed by atoms with Crippen LogP contribution < -0.4 is 26.6 Å². The Balaban J connectivity index is 0.897. The van der Waals surface area contributed by atoms with E-state index in [2.05, 4.69) is 189 Å². The Morgan fingerprint density at radius 2 is 0.788 bits per heavy atom. The lowest BCUT2D eigenvalue weighted by molar-refractivity contribution is 0.147. The van der Waals surface area contributed by atoms with Crippen molar-refractivity contribution in [3.8, 4) is 0 Å². The number of hydrogen-bond acceptors (Lipinski definition) is 10. The SMILES string of the molecule is CN1CCC2(Cc3cccc4c3NC3N(C)CCC43c3cccc4c3NC3N(C)CCC43C34CCN(C)C3Nc3c(C56CCN(C)C5Nc5ccccc56)cccc34)c3ccccc3NC12.